The Hall–Kier alpha value is -1.92. The molecule has 0 aliphatic rings. The Morgan fingerprint density at radius 2 is 1.95 bits per heavy atom. The lowest BCUT2D eigenvalue weighted by atomic mass is 10.0. The molecular weight excluding hydrogens is 274 g/mol. The molecule has 0 saturated heterocycles. The number of carbonyl (C=O) groups is 2. The molecule has 0 aromatic heterocycles. The molecule has 116 valence electrons. The van der Waals surface area contributed by atoms with Crippen LogP contribution < -0.4 is 0 Å². The van der Waals surface area contributed by atoms with Crippen LogP contribution in [0, 0.1) is 0 Å². The molecule has 0 saturated carbocycles. The number of aliphatic carboxylic acids is 1. The number of carboxylic acid groups (broad SMARTS) is 1. The van der Waals surface area contributed by atoms with Crippen LogP contribution in [-0.4, -0.2) is 46.4 Å². The first-order chi connectivity index (χ1) is 10.0. The van der Waals surface area contributed by atoms with Gasteiger partial charge in [0, 0.05) is 6.54 Å². The van der Waals surface area contributed by atoms with E-state index in [1.807, 2.05) is 19.1 Å². The van der Waals surface area contributed by atoms with Crippen molar-refractivity contribution in [1.82, 2.24) is 5.06 Å². The average molecular weight is 295 g/mol. The van der Waals surface area contributed by atoms with Crippen LogP contribution in [0.2, 0.25) is 0 Å². The molecule has 0 aliphatic heterocycles. The van der Waals surface area contributed by atoms with Crippen LogP contribution >= 0.6 is 0 Å². The lowest BCUT2D eigenvalue weighted by molar-refractivity contribution is -0.175. The van der Waals surface area contributed by atoms with E-state index < -0.39 is 24.6 Å². The second-order valence-corrected chi connectivity index (χ2v) is 4.56. The number of likely N-dealkylation sites (N-methyl/N-ethyl adjacent to an activating group) is 1. The second-order valence-electron chi connectivity index (χ2n) is 4.56. The van der Waals surface area contributed by atoms with E-state index in [-0.39, 0.29) is 6.54 Å². The molecule has 0 spiro atoms. The zero-order chi connectivity index (χ0) is 15.8. The number of carboxylic acids is 1. The van der Waals surface area contributed by atoms with Crippen LogP contribution in [0.1, 0.15) is 36.2 Å². The van der Waals surface area contributed by atoms with Gasteiger partial charge in [0.05, 0.1) is 12.2 Å². The zero-order valence-electron chi connectivity index (χ0n) is 12.3. The van der Waals surface area contributed by atoms with Gasteiger partial charge in [0.15, 0.2) is 6.04 Å². The molecule has 0 radical (unpaired) electrons. The van der Waals surface area contributed by atoms with Crippen molar-refractivity contribution < 1.29 is 24.6 Å². The summed E-state index contributed by atoms with van der Waals surface area (Å²) in [6.45, 7) is 3.19. The minimum absolute atomic E-state index is 0.166. The molecule has 6 nitrogen and oxygen atoms in total. The van der Waals surface area contributed by atoms with E-state index in [2.05, 4.69) is 0 Å². The third kappa shape index (κ3) is 4.54. The maximum atomic E-state index is 12.2. The van der Waals surface area contributed by atoms with Gasteiger partial charge in [-0.15, -0.1) is 5.06 Å². The molecule has 2 N–H and O–H groups in total. The van der Waals surface area contributed by atoms with Gasteiger partial charge in [-0.25, -0.2) is 4.79 Å². The monoisotopic (exact) mass is 295 g/mol. The van der Waals surface area contributed by atoms with Gasteiger partial charge in [0.2, 0.25) is 0 Å². The molecule has 0 bridgehead atoms. The van der Waals surface area contributed by atoms with E-state index in [1.54, 1.807) is 19.1 Å². The summed E-state index contributed by atoms with van der Waals surface area (Å²) >= 11 is 0. The predicted octanol–water partition coefficient (Wildman–Crippen LogP) is 1.48. The highest BCUT2D eigenvalue weighted by molar-refractivity contribution is 5.91. The van der Waals surface area contributed by atoms with Crippen molar-refractivity contribution in [2.45, 2.75) is 32.7 Å². The van der Waals surface area contributed by atoms with Crippen molar-refractivity contribution in [3.05, 3.63) is 35.4 Å². The van der Waals surface area contributed by atoms with Gasteiger partial charge in [-0.2, -0.15) is 0 Å². The fraction of sp³-hybridized carbons (Fsp3) is 0.467. The quantitative estimate of drug-likeness (QED) is 0.706. The molecule has 0 amide bonds. The highest BCUT2D eigenvalue weighted by Crippen LogP contribution is 2.14. The predicted molar refractivity (Wildman–Crippen MR) is 76.7 cm³/mol. The molecule has 1 aromatic rings. The number of rotatable bonds is 8. The van der Waals surface area contributed by atoms with Crippen LogP contribution in [0.25, 0.3) is 0 Å². The summed E-state index contributed by atoms with van der Waals surface area (Å²) in [6.07, 6.45) is 1.62. The van der Waals surface area contributed by atoms with E-state index in [0.717, 1.165) is 23.5 Å². The Balaban J connectivity index is 2.90. The summed E-state index contributed by atoms with van der Waals surface area (Å²) in [5, 5.41) is 19.1. The van der Waals surface area contributed by atoms with E-state index in [4.69, 9.17) is 15.1 Å². The third-order valence-electron chi connectivity index (χ3n) is 3.07. The summed E-state index contributed by atoms with van der Waals surface area (Å²) in [7, 11) is 0. The molecule has 21 heavy (non-hydrogen) atoms. The standard InChI is InChI=1S/C15H21NO5/c1-3-7-11-8-5-6-9-12(11)15(20)21-16(4-2)13(10-17)14(18)19/h5-6,8-9,13,17H,3-4,7,10H2,1-2H3,(H,18,19)/t13-/m0/s1. The number of aryl methyl sites for hydroxylation is 1. The summed E-state index contributed by atoms with van der Waals surface area (Å²) in [6, 6.07) is 5.80. The van der Waals surface area contributed by atoms with Gasteiger partial charge in [-0.05, 0) is 25.0 Å². The number of benzene rings is 1. The van der Waals surface area contributed by atoms with Gasteiger partial charge in [0.1, 0.15) is 0 Å². The third-order valence-corrected chi connectivity index (χ3v) is 3.07. The summed E-state index contributed by atoms with van der Waals surface area (Å²) < 4.78 is 0. The lowest BCUT2D eigenvalue weighted by Crippen LogP contribution is -2.44. The minimum atomic E-state index is -1.27. The van der Waals surface area contributed by atoms with Crippen LogP contribution in [0.4, 0.5) is 0 Å². The first kappa shape index (κ1) is 17.1. The maximum absolute atomic E-state index is 12.2. The number of aliphatic hydroxyl groups excluding tert-OH is 1. The van der Waals surface area contributed by atoms with Crippen molar-refractivity contribution in [3.8, 4) is 0 Å². The van der Waals surface area contributed by atoms with Crippen molar-refractivity contribution in [2.24, 2.45) is 0 Å². The van der Waals surface area contributed by atoms with Gasteiger partial charge in [-0.1, -0.05) is 31.5 Å². The molecule has 0 unspecified atom stereocenters. The number of hydroxylamine groups is 2. The molecule has 6 heteroatoms. The second kappa shape index (κ2) is 8.39. The van der Waals surface area contributed by atoms with Crippen LogP contribution in [0.5, 0.6) is 0 Å². The molecule has 0 heterocycles. The topological polar surface area (TPSA) is 87.1 Å². The van der Waals surface area contributed by atoms with Gasteiger partial charge >= 0.3 is 11.9 Å². The average Bonchev–Trinajstić information content (AvgIpc) is 2.47. The fourth-order valence-electron chi connectivity index (χ4n) is 2.00. The number of hydrogen-bond acceptors (Lipinski definition) is 5. The van der Waals surface area contributed by atoms with Crippen molar-refractivity contribution >= 4 is 11.9 Å². The summed E-state index contributed by atoms with van der Waals surface area (Å²) in [4.78, 5) is 28.4. The SMILES string of the molecule is CCCc1ccccc1C(=O)ON(CC)[C@@H](CO)C(=O)O. The molecule has 0 aliphatic carbocycles. The Morgan fingerprint density at radius 3 is 2.48 bits per heavy atom. The smallest absolute Gasteiger partial charge is 0.357 e. The highest BCUT2D eigenvalue weighted by Gasteiger charge is 2.28. The lowest BCUT2D eigenvalue weighted by Gasteiger charge is -2.24. The summed E-state index contributed by atoms with van der Waals surface area (Å²) in [5.41, 5.74) is 1.27. The highest BCUT2D eigenvalue weighted by atomic mass is 16.7. The minimum Gasteiger partial charge on any atom is -0.480 e. The molecule has 1 rings (SSSR count). The summed E-state index contributed by atoms with van der Waals surface area (Å²) in [5.74, 6) is -1.85. The van der Waals surface area contributed by atoms with Crippen LogP contribution in [0.15, 0.2) is 24.3 Å². The normalized spacial score (nSPS) is 12.2. The van der Waals surface area contributed by atoms with Crippen molar-refractivity contribution in [2.75, 3.05) is 13.2 Å². The first-order valence-electron chi connectivity index (χ1n) is 6.95. The Labute approximate surface area is 123 Å². The molecule has 0 fully saturated rings. The molecule has 1 atom stereocenters. The first-order valence-corrected chi connectivity index (χ1v) is 6.95. The largest absolute Gasteiger partial charge is 0.480 e. The fourth-order valence-corrected chi connectivity index (χ4v) is 2.00. The number of aliphatic hydroxyl groups is 1. The molecule has 1 aromatic carbocycles. The number of nitrogens with zero attached hydrogens (tertiary/aromatic N) is 1. The molecular formula is C15H21NO5. The maximum Gasteiger partial charge on any atom is 0.357 e. The van der Waals surface area contributed by atoms with E-state index in [1.165, 1.54) is 0 Å². The number of hydrogen-bond donors (Lipinski definition) is 2. The van der Waals surface area contributed by atoms with Crippen LogP contribution in [0.3, 0.4) is 0 Å². The van der Waals surface area contributed by atoms with E-state index in [0.29, 0.717) is 5.56 Å². The van der Waals surface area contributed by atoms with Gasteiger partial charge in [-0.3, -0.25) is 4.79 Å². The van der Waals surface area contributed by atoms with Crippen molar-refractivity contribution in [1.29, 1.82) is 0 Å². The Bertz CT molecular complexity index is 489. The van der Waals surface area contributed by atoms with Gasteiger partial charge in [0.25, 0.3) is 0 Å². The van der Waals surface area contributed by atoms with Crippen LogP contribution in [-0.2, 0) is 16.1 Å². The van der Waals surface area contributed by atoms with Crippen molar-refractivity contribution in [3.63, 3.8) is 0 Å². The zero-order valence-corrected chi connectivity index (χ0v) is 12.3. The van der Waals surface area contributed by atoms with E-state index >= 15 is 0 Å². The Kier molecular flexibility index (Phi) is 6.84. The van der Waals surface area contributed by atoms with E-state index in [9.17, 15) is 9.59 Å². The Morgan fingerprint density at radius 1 is 1.29 bits per heavy atom. The number of carbonyl (C=O) groups excluding carboxylic acids is 1. The van der Waals surface area contributed by atoms with Gasteiger partial charge < -0.3 is 15.1 Å².